The van der Waals surface area contributed by atoms with Gasteiger partial charge in [-0.1, -0.05) is 4.49 Å². The van der Waals surface area contributed by atoms with E-state index < -0.39 is 0 Å². The summed E-state index contributed by atoms with van der Waals surface area (Å²) in [6.45, 7) is 3.08. The second-order valence-electron chi connectivity index (χ2n) is 4.86. The molecule has 2 aromatic heterocycles. The molecule has 1 aliphatic heterocycles. The van der Waals surface area contributed by atoms with Crippen molar-refractivity contribution in [2.75, 3.05) is 13.1 Å². The molecule has 2 aromatic rings. The molecular weight excluding hydrogens is 290 g/mol. The minimum atomic E-state index is -0.0550. The summed E-state index contributed by atoms with van der Waals surface area (Å²) in [5, 5.41) is 3.89. The Balaban J connectivity index is 1.66. The van der Waals surface area contributed by atoms with Crippen LogP contribution in [0.25, 0.3) is 0 Å². The molecule has 1 saturated heterocycles. The summed E-state index contributed by atoms with van der Waals surface area (Å²) >= 11 is 1.14. The predicted octanol–water partition coefficient (Wildman–Crippen LogP) is 1.32. The number of nitrogens with zero attached hydrogens (tertiary/aromatic N) is 5. The summed E-state index contributed by atoms with van der Waals surface area (Å²) in [7, 11) is 0. The molecule has 0 spiro atoms. The van der Waals surface area contributed by atoms with E-state index in [0.29, 0.717) is 23.0 Å². The van der Waals surface area contributed by atoms with Crippen molar-refractivity contribution in [3.05, 3.63) is 29.2 Å². The van der Waals surface area contributed by atoms with Crippen LogP contribution in [-0.4, -0.2) is 49.6 Å². The number of aromatic nitrogens is 4. The molecule has 0 aliphatic carbocycles. The first kappa shape index (κ1) is 13.9. The molecule has 0 radical (unpaired) electrons. The molecule has 110 valence electrons. The van der Waals surface area contributed by atoms with Gasteiger partial charge in [-0.25, -0.2) is 4.98 Å². The van der Waals surface area contributed by atoms with Crippen LogP contribution in [0.15, 0.2) is 18.6 Å². The zero-order valence-electron chi connectivity index (χ0n) is 11.6. The molecule has 0 bridgehead atoms. The maximum atomic E-state index is 12.5. The SMILES string of the molecule is Cc1nnsc1C(=O)N1CCC[C@@H](Oc2cnccn2)C1. The third-order valence-electron chi connectivity index (χ3n) is 3.34. The zero-order valence-corrected chi connectivity index (χ0v) is 12.4. The maximum Gasteiger partial charge on any atom is 0.267 e. The summed E-state index contributed by atoms with van der Waals surface area (Å²) in [6.07, 6.45) is 6.53. The van der Waals surface area contributed by atoms with E-state index in [9.17, 15) is 4.79 Å². The van der Waals surface area contributed by atoms with Crippen LogP contribution in [0.1, 0.15) is 28.2 Å². The van der Waals surface area contributed by atoms with E-state index >= 15 is 0 Å². The van der Waals surface area contributed by atoms with Gasteiger partial charge >= 0.3 is 0 Å². The smallest absolute Gasteiger partial charge is 0.267 e. The quantitative estimate of drug-likeness (QED) is 0.850. The van der Waals surface area contributed by atoms with Crippen LogP contribution in [0, 0.1) is 6.92 Å². The van der Waals surface area contributed by atoms with Crippen LogP contribution in [0.3, 0.4) is 0 Å². The minimum Gasteiger partial charge on any atom is -0.471 e. The molecule has 1 atom stereocenters. The van der Waals surface area contributed by atoms with Gasteiger partial charge in [-0.15, -0.1) is 5.10 Å². The van der Waals surface area contributed by atoms with E-state index in [2.05, 4.69) is 19.6 Å². The molecule has 1 aliphatic rings. The first-order chi connectivity index (χ1) is 10.2. The number of hydrogen-bond acceptors (Lipinski definition) is 7. The van der Waals surface area contributed by atoms with Gasteiger partial charge in [0.15, 0.2) is 0 Å². The fourth-order valence-corrected chi connectivity index (χ4v) is 2.93. The zero-order chi connectivity index (χ0) is 14.7. The van der Waals surface area contributed by atoms with Crippen LogP contribution < -0.4 is 4.74 Å². The minimum absolute atomic E-state index is 0.0186. The Morgan fingerprint density at radius 1 is 1.48 bits per heavy atom. The summed E-state index contributed by atoms with van der Waals surface area (Å²) in [5.74, 6) is 0.474. The second-order valence-corrected chi connectivity index (χ2v) is 5.62. The number of piperidine rings is 1. The van der Waals surface area contributed by atoms with Crippen molar-refractivity contribution in [3.63, 3.8) is 0 Å². The fourth-order valence-electron chi connectivity index (χ4n) is 2.31. The van der Waals surface area contributed by atoms with E-state index in [1.54, 1.807) is 30.4 Å². The predicted molar refractivity (Wildman–Crippen MR) is 76.2 cm³/mol. The highest BCUT2D eigenvalue weighted by Crippen LogP contribution is 2.20. The Morgan fingerprint density at radius 2 is 2.38 bits per heavy atom. The Bertz CT molecular complexity index is 618. The Morgan fingerprint density at radius 3 is 3.10 bits per heavy atom. The van der Waals surface area contributed by atoms with E-state index in [4.69, 9.17) is 4.74 Å². The van der Waals surface area contributed by atoms with Crippen LogP contribution >= 0.6 is 11.5 Å². The first-order valence-corrected chi connectivity index (χ1v) is 7.52. The molecule has 1 amide bonds. The van der Waals surface area contributed by atoms with Gasteiger partial charge in [0.1, 0.15) is 11.0 Å². The molecule has 1 fully saturated rings. The molecule has 3 heterocycles. The topological polar surface area (TPSA) is 81.1 Å². The lowest BCUT2D eigenvalue weighted by atomic mass is 10.1. The van der Waals surface area contributed by atoms with Crippen molar-refractivity contribution >= 4 is 17.4 Å². The highest BCUT2D eigenvalue weighted by molar-refractivity contribution is 7.07. The van der Waals surface area contributed by atoms with Gasteiger partial charge in [0.05, 0.1) is 18.4 Å². The van der Waals surface area contributed by atoms with E-state index in [1.807, 2.05) is 0 Å². The largest absolute Gasteiger partial charge is 0.471 e. The number of aryl methyl sites for hydroxylation is 1. The van der Waals surface area contributed by atoms with E-state index in [-0.39, 0.29) is 12.0 Å². The van der Waals surface area contributed by atoms with Crippen molar-refractivity contribution in [1.29, 1.82) is 0 Å². The van der Waals surface area contributed by atoms with Gasteiger partial charge in [-0.05, 0) is 31.3 Å². The average molecular weight is 305 g/mol. The lowest BCUT2D eigenvalue weighted by Gasteiger charge is -2.32. The van der Waals surface area contributed by atoms with Crippen molar-refractivity contribution in [3.8, 4) is 5.88 Å². The molecule has 0 N–H and O–H groups in total. The van der Waals surface area contributed by atoms with Gasteiger partial charge in [-0.3, -0.25) is 9.78 Å². The van der Waals surface area contributed by atoms with E-state index in [1.165, 1.54) is 0 Å². The Kier molecular flexibility index (Phi) is 4.05. The van der Waals surface area contributed by atoms with Gasteiger partial charge in [-0.2, -0.15) is 0 Å². The lowest BCUT2D eigenvalue weighted by molar-refractivity contribution is 0.0530. The van der Waals surface area contributed by atoms with Crippen LogP contribution in [0.4, 0.5) is 0 Å². The molecule has 8 heteroatoms. The fraction of sp³-hybridized carbons (Fsp3) is 0.462. The number of ether oxygens (including phenoxy) is 1. The number of carbonyl (C=O) groups excluding carboxylic acids is 1. The number of likely N-dealkylation sites (tertiary alicyclic amines) is 1. The summed E-state index contributed by atoms with van der Waals surface area (Å²) in [5.41, 5.74) is 0.682. The van der Waals surface area contributed by atoms with Crippen LogP contribution in [-0.2, 0) is 0 Å². The molecule has 0 saturated carbocycles. The highest BCUT2D eigenvalue weighted by atomic mass is 32.1. The van der Waals surface area contributed by atoms with Gasteiger partial charge in [0.2, 0.25) is 5.88 Å². The molecule has 21 heavy (non-hydrogen) atoms. The number of amides is 1. The standard InChI is InChI=1S/C13H15N5O2S/c1-9-12(21-17-16-9)13(19)18-6-2-3-10(8-18)20-11-7-14-4-5-15-11/h4-5,7,10H,2-3,6,8H2,1H3/t10-/m1/s1. The number of hydrogen-bond donors (Lipinski definition) is 0. The van der Waals surface area contributed by atoms with Gasteiger partial charge in [0.25, 0.3) is 5.91 Å². The Labute approximate surface area is 126 Å². The van der Waals surface area contributed by atoms with Crippen molar-refractivity contribution in [2.45, 2.75) is 25.9 Å². The molecule has 0 unspecified atom stereocenters. The summed E-state index contributed by atoms with van der Waals surface area (Å²) in [6, 6.07) is 0. The molecule has 0 aromatic carbocycles. The third kappa shape index (κ3) is 3.15. The molecule has 3 rings (SSSR count). The monoisotopic (exact) mass is 305 g/mol. The van der Waals surface area contributed by atoms with Gasteiger partial charge in [0, 0.05) is 18.9 Å². The Hall–Kier alpha value is -2.09. The number of rotatable bonds is 3. The van der Waals surface area contributed by atoms with Crippen LogP contribution in [0.2, 0.25) is 0 Å². The van der Waals surface area contributed by atoms with Gasteiger partial charge < -0.3 is 9.64 Å². The highest BCUT2D eigenvalue weighted by Gasteiger charge is 2.28. The number of carbonyl (C=O) groups is 1. The third-order valence-corrected chi connectivity index (χ3v) is 4.15. The average Bonchev–Trinajstić information content (AvgIpc) is 2.94. The summed E-state index contributed by atoms with van der Waals surface area (Å²) in [4.78, 5) is 22.9. The van der Waals surface area contributed by atoms with Crippen LogP contribution in [0.5, 0.6) is 5.88 Å². The van der Waals surface area contributed by atoms with Crippen molar-refractivity contribution in [2.24, 2.45) is 0 Å². The maximum absolute atomic E-state index is 12.5. The molecular formula is C13H15N5O2S. The molecule has 7 nitrogen and oxygen atoms in total. The first-order valence-electron chi connectivity index (χ1n) is 6.75. The normalized spacial score (nSPS) is 18.5. The second kappa shape index (κ2) is 6.13. The summed E-state index contributed by atoms with van der Waals surface area (Å²) < 4.78 is 9.61. The lowest BCUT2D eigenvalue weighted by Crippen LogP contribution is -2.44. The van der Waals surface area contributed by atoms with E-state index in [0.717, 1.165) is 30.9 Å². The van der Waals surface area contributed by atoms with Crippen molar-refractivity contribution in [1.82, 2.24) is 24.5 Å². The van der Waals surface area contributed by atoms with Crippen molar-refractivity contribution < 1.29 is 9.53 Å².